The third-order valence-corrected chi connectivity index (χ3v) is 7.02. The summed E-state index contributed by atoms with van der Waals surface area (Å²) in [5.41, 5.74) is 7.93. The largest absolute Gasteiger partial charge is 0.366 e. The molecule has 2 aliphatic carbocycles. The van der Waals surface area contributed by atoms with Crippen molar-refractivity contribution in [3.8, 4) is 0 Å². The highest BCUT2D eigenvalue weighted by Crippen LogP contribution is 2.64. The number of rotatable bonds is 4. The molecule has 5 rings (SSSR count). The number of halogens is 1. The summed E-state index contributed by atoms with van der Waals surface area (Å²) >= 11 is 0. The number of carbonyl (C=O) groups excluding carboxylic acids is 1. The van der Waals surface area contributed by atoms with Crippen LogP contribution in [0.1, 0.15) is 43.0 Å². The molecule has 0 spiro atoms. The van der Waals surface area contributed by atoms with E-state index >= 15 is 0 Å². The minimum absolute atomic E-state index is 0.111. The zero-order chi connectivity index (χ0) is 18.9. The molecule has 142 valence electrons. The van der Waals surface area contributed by atoms with Crippen molar-refractivity contribution < 1.29 is 9.18 Å². The Morgan fingerprint density at radius 3 is 2.85 bits per heavy atom. The van der Waals surface area contributed by atoms with Crippen molar-refractivity contribution in [2.75, 3.05) is 23.4 Å². The van der Waals surface area contributed by atoms with Crippen molar-refractivity contribution in [3.63, 3.8) is 0 Å². The molecular weight excluding hydrogens is 345 g/mol. The Kier molecular flexibility index (Phi) is 3.44. The van der Waals surface area contributed by atoms with Crippen LogP contribution >= 0.6 is 0 Å². The maximum atomic E-state index is 14.0. The van der Waals surface area contributed by atoms with Crippen LogP contribution in [-0.4, -0.2) is 36.7 Å². The molecule has 0 radical (unpaired) electrons. The zero-order valence-electron chi connectivity index (χ0n) is 15.5. The van der Waals surface area contributed by atoms with E-state index < -0.39 is 11.7 Å². The van der Waals surface area contributed by atoms with Crippen LogP contribution in [-0.2, 0) is 0 Å². The third-order valence-electron chi connectivity index (χ3n) is 7.02. The van der Waals surface area contributed by atoms with Gasteiger partial charge in [-0.1, -0.05) is 6.42 Å². The number of nitrogens with zero attached hydrogens (tertiary/aromatic N) is 3. The molecule has 3 N–H and O–H groups in total. The van der Waals surface area contributed by atoms with Gasteiger partial charge in [0.25, 0.3) is 5.91 Å². The lowest BCUT2D eigenvalue weighted by Crippen LogP contribution is -2.40. The molecule has 2 atom stereocenters. The van der Waals surface area contributed by atoms with E-state index in [1.807, 2.05) is 0 Å². The number of anilines is 2. The first-order valence-corrected chi connectivity index (χ1v) is 9.57. The number of fused-ring (bicyclic) bond motifs is 2. The molecule has 1 aromatic carbocycles. The second-order valence-corrected chi connectivity index (χ2v) is 8.34. The first-order valence-electron chi connectivity index (χ1n) is 9.57. The number of nitrogens with two attached hydrogens (primary N) is 1. The van der Waals surface area contributed by atoms with Crippen LogP contribution in [0.3, 0.4) is 0 Å². The molecule has 1 saturated heterocycles. The number of hydrogen-bond acceptors (Lipinski definition) is 5. The van der Waals surface area contributed by atoms with Gasteiger partial charge >= 0.3 is 0 Å². The van der Waals surface area contributed by atoms with E-state index in [-0.39, 0.29) is 11.0 Å². The van der Waals surface area contributed by atoms with E-state index in [1.165, 1.54) is 37.3 Å². The summed E-state index contributed by atoms with van der Waals surface area (Å²) in [4.78, 5) is 14.5. The predicted octanol–water partition coefficient (Wildman–Crippen LogP) is 2.88. The average Bonchev–Trinajstić information content (AvgIpc) is 2.97. The highest BCUT2D eigenvalue weighted by atomic mass is 19.1. The maximum Gasteiger partial charge on any atom is 0.251 e. The van der Waals surface area contributed by atoms with Crippen LogP contribution in [0.2, 0.25) is 0 Å². The number of likely N-dealkylation sites (tertiary alicyclic amines) is 1. The minimum Gasteiger partial charge on any atom is -0.366 e. The van der Waals surface area contributed by atoms with E-state index in [4.69, 9.17) is 5.73 Å². The molecule has 4 aliphatic rings. The molecule has 6 nitrogen and oxygen atoms in total. The summed E-state index contributed by atoms with van der Waals surface area (Å²) in [6, 6.07) is 3.27. The monoisotopic (exact) mass is 369 g/mol. The van der Waals surface area contributed by atoms with E-state index in [1.54, 1.807) is 5.01 Å². The van der Waals surface area contributed by atoms with Crippen molar-refractivity contribution in [3.05, 3.63) is 34.9 Å². The van der Waals surface area contributed by atoms with Crippen molar-refractivity contribution in [1.82, 2.24) is 4.90 Å². The number of nitrogens with one attached hydrogen (secondary N) is 1. The predicted molar refractivity (Wildman–Crippen MR) is 103 cm³/mol. The molecule has 2 aliphatic heterocycles. The topological polar surface area (TPSA) is 74.0 Å². The summed E-state index contributed by atoms with van der Waals surface area (Å²) in [5.74, 6) is 0.262. The number of benzene rings is 1. The molecule has 7 heteroatoms. The normalized spacial score (nSPS) is 31.0. The van der Waals surface area contributed by atoms with Gasteiger partial charge in [0.2, 0.25) is 0 Å². The average molecular weight is 369 g/mol. The van der Waals surface area contributed by atoms with Gasteiger partial charge < -0.3 is 11.1 Å². The molecule has 2 heterocycles. The van der Waals surface area contributed by atoms with Gasteiger partial charge in [0.1, 0.15) is 17.3 Å². The molecule has 1 amide bonds. The first-order chi connectivity index (χ1) is 12.9. The molecule has 0 bridgehead atoms. The third kappa shape index (κ3) is 2.27. The SMILES string of the molecule is C=NN1/C(=C(\C)C23CC2CN(C2CCC2)C3)Nc2cc(F)cc(C(N)=O)c21. The zero-order valence-corrected chi connectivity index (χ0v) is 15.5. The summed E-state index contributed by atoms with van der Waals surface area (Å²) in [6.45, 7) is 8.02. The van der Waals surface area contributed by atoms with Crippen LogP contribution in [0.5, 0.6) is 0 Å². The standard InChI is InChI=1S/C20H24FN5O/c1-11(20-8-12(20)9-25(10-20)14-4-3-5-14)19-24-16-7-13(21)6-15(18(22)27)17(16)26(19)23-2/h6-7,12,14,24H,2-5,8-10H2,1H3,(H2,22,27)/b19-11+. The van der Waals surface area contributed by atoms with E-state index in [0.717, 1.165) is 31.0 Å². The van der Waals surface area contributed by atoms with Crippen molar-refractivity contribution >= 4 is 24.0 Å². The maximum absolute atomic E-state index is 14.0. The number of primary amides is 1. The molecule has 0 aromatic heterocycles. The molecule has 1 aromatic rings. The lowest BCUT2D eigenvalue weighted by atomic mass is 9.90. The summed E-state index contributed by atoms with van der Waals surface area (Å²) in [7, 11) is 0. The summed E-state index contributed by atoms with van der Waals surface area (Å²) in [5, 5.41) is 9.01. The Morgan fingerprint density at radius 2 is 2.22 bits per heavy atom. The highest BCUT2D eigenvalue weighted by Gasteiger charge is 2.62. The Labute approximate surface area is 157 Å². The number of amides is 1. The minimum atomic E-state index is -0.681. The van der Waals surface area contributed by atoms with Crippen LogP contribution in [0.25, 0.3) is 0 Å². The van der Waals surface area contributed by atoms with Gasteiger partial charge in [-0.15, -0.1) is 0 Å². The fourth-order valence-electron chi connectivity index (χ4n) is 5.16. The summed E-state index contributed by atoms with van der Waals surface area (Å²) < 4.78 is 14.0. The van der Waals surface area contributed by atoms with Crippen molar-refractivity contribution in [2.24, 2.45) is 22.2 Å². The first kappa shape index (κ1) is 16.7. The molecule has 2 unspecified atom stereocenters. The van der Waals surface area contributed by atoms with E-state index in [0.29, 0.717) is 17.3 Å². The Morgan fingerprint density at radius 1 is 1.44 bits per heavy atom. The van der Waals surface area contributed by atoms with Crippen LogP contribution in [0, 0.1) is 17.2 Å². The molecule has 2 saturated carbocycles. The van der Waals surface area contributed by atoms with Gasteiger partial charge in [0.05, 0.1) is 11.3 Å². The Bertz CT molecular complexity index is 893. The smallest absolute Gasteiger partial charge is 0.251 e. The Hall–Kier alpha value is -2.41. The summed E-state index contributed by atoms with van der Waals surface area (Å²) in [6.07, 6.45) is 5.13. The second-order valence-electron chi connectivity index (χ2n) is 8.34. The quantitative estimate of drug-likeness (QED) is 0.801. The highest BCUT2D eigenvalue weighted by molar-refractivity contribution is 6.04. The van der Waals surface area contributed by atoms with Crippen LogP contribution < -0.4 is 16.1 Å². The lowest BCUT2D eigenvalue weighted by molar-refractivity contribution is 0.100. The second kappa shape index (κ2) is 5.55. The van der Waals surface area contributed by atoms with Crippen molar-refractivity contribution in [1.29, 1.82) is 0 Å². The number of hydrogen-bond donors (Lipinski definition) is 2. The number of hydrazone groups is 1. The number of carbonyl (C=O) groups is 1. The fourth-order valence-corrected chi connectivity index (χ4v) is 5.16. The van der Waals surface area contributed by atoms with E-state index in [2.05, 4.69) is 29.0 Å². The van der Waals surface area contributed by atoms with Gasteiger partial charge in [0.15, 0.2) is 0 Å². The van der Waals surface area contributed by atoms with Gasteiger partial charge in [-0.2, -0.15) is 5.10 Å². The molecule has 27 heavy (non-hydrogen) atoms. The van der Waals surface area contributed by atoms with Gasteiger partial charge in [0, 0.05) is 31.3 Å². The molecule has 3 fully saturated rings. The van der Waals surface area contributed by atoms with Gasteiger partial charge in [-0.25, -0.2) is 9.40 Å². The van der Waals surface area contributed by atoms with E-state index in [9.17, 15) is 9.18 Å². The fraction of sp³-hybridized carbons (Fsp3) is 0.500. The lowest BCUT2D eigenvalue weighted by Gasteiger charge is -2.36. The van der Waals surface area contributed by atoms with Crippen molar-refractivity contribution in [2.45, 2.75) is 38.6 Å². The van der Waals surface area contributed by atoms with Crippen LogP contribution in [0.15, 0.2) is 28.6 Å². The van der Waals surface area contributed by atoms with Gasteiger partial charge in [-0.3, -0.25) is 9.69 Å². The van der Waals surface area contributed by atoms with Crippen LogP contribution in [0.4, 0.5) is 15.8 Å². The molecular formula is C20H24FN5O. The Balaban J connectivity index is 1.53. The number of piperidine rings is 1. The van der Waals surface area contributed by atoms with Gasteiger partial charge in [-0.05, 0) is 49.8 Å².